The monoisotopic (exact) mass is 267 g/mol. The molecule has 0 heterocycles. The molecular formula is C12H23Cl2NO. The van der Waals surface area contributed by atoms with Crippen LogP contribution in [0.2, 0.25) is 0 Å². The van der Waals surface area contributed by atoms with Gasteiger partial charge in [-0.05, 0) is 12.8 Å². The van der Waals surface area contributed by atoms with Crippen molar-refractivity contribution in [1.29, 1.82) is 0 Å². The van der Waals surface area contributed by atoms with Gasteiger partial charge in [-0.3, -0.25) is 4.79 Å². The number of nitrogens with one attached hydrogen (secondary N) is 1. The van der Waals surface area contributed by atoms with E-state index >= 15 is 0 Å². The van der Waals surface area contributed by atoms with E-state index in [9.17, 15) is 4.79 Å². The fourth-order valence-corrected chi connectivity index (χ4v) is 2.25. The Hall–Kier alpha value is 0.0500. The Kier molecular flexibility index (Phi) is 9.15. The Bertz CT molecular complexity index is 185. The van der Waals surface area contributed by atoms with Gasteiger partial charge in [-0.25, -0.2) is 0 Å². The summed E-state index contributed by atoms with van der Waals surface area (Å²) in [4.78, 5) is 11.7. The van der Waals surface area contributed by atoms with Gasteiger partial charge in [-0.2, -0.15) is 0 Å². The third kappa shape index (κ3) is 5.95. The second kappa shape index (κ2) is 9.12. The van der Waals surface area contributed by atoms with Gasteiger partial charge in [0.15, 0.2) is 0 Å². The van der Waals surface area contributed by atoms with Crippen LogP contribution in [0.25, 0.3) is 0 Å². The maximum atomic E-state index is 11.7. The summed E-state index contributed by atoms with van der Waals surface area (Å²) in [5, 5.41) is 2.95. The van der Waals surface area contributed by atoms with Crippen molar-refractivity contribution >= 4 is 29.1 Å². The first-order chi connectivity index (χ1) is 7.64. The number of carbonyl (C=O) groups is 1. The first-order valence-electron chi connectivity index (χ1n) is 6.07. The lowest BCUT2D eigenvalue weighted by Gasteiger charge is -2.29. The standard InChI is InChI=1S/C12H23Cl2NO/c1-3-5-6-7-8-11(16)15-12(4-2,9-13)10-14/h3-10H2,1-2H3,(H,15,16). The lowest BCUT2D eigenvalue weighted by Crippen LogP contribution is -2.51. The Morgan fingerprint density at radius 3 is 2.19 bits per heavy atom. The van der Waals surface area contributed by atoms with E-state index in [0.29, 0.717) is 18.2 Å². The highest BCUT2D eigenvalue weighted by Crippen LogP contribution is 2.15. The van der Waals surface area contributed by atoms with Crippen molar-refractivity contribution in [3.8, 4) is 0 Å². The second-order valence-corrected chi connectivity index (χ2v) is 4.79. The average molecular weight is 268 g/mol. The minimum atomic E-state index is -0.426. The topological polar surface area (TPSA) is 29.1 Å². The summed E-state index contributed by atoms with van der Waals surface area (Å²) in [6.45, 7) is 4.14. The number of unbranched alkanes of at least 4 members (excludes halogenated alkanes) is 3. The molecule has 0 bridgehead atoms. The predicted octanol–water partition coefficient (Wildman–Crippen LogP) is 3.70. The highest BCUT2D eigenvalue weighted by atomic mass is 35.5. The Morgan fingerprint density at radius 2 is 1.75 bits per heavy atom. The molecule has 0 saturated heterocycles. The lowest BCUT2D eigenvalue weighted by molar-refractivity contribution is -0.122. The molecule has 0 fully saturated rings. The number of hydrogen-bond acceptors (Lipinski definition) is 1. The minimum Gasteiger partial charge on any atom is -0.348 e. The molecule has 0 aliphatic carbocycles. The third-order valence-corrected chi connectivity index (χ3v) is 3.87. The maximum Gasteiger partial charge on any atom is 0.220 e. The van der Waals surface area contributed by atoms with Crippen molar-refractivity contribution in [2.45, 2.75) is 57.9 Å². The van der Waals surface area contributed by atoms with Gasteiger partial charge in [-0.1, -0.05) is 33.1 Å². The second-order valence-electron chi connectivity index (χ2n) is 4.26. The molecule has 0 aromatic carbocycles. The molecule has 1 N–H and O–H groups in total. The summed E-state index contributed by atoms with van der Waals surface area (Å²) >= 11 is 11.7. The van der Waals surface area contributed by atoms with Crippen LogP contribution in [-0.2, 0) is 4.79 Å². The van der Waals surface area contributed by atoms with E-state index in [1.165, 1.54) is 12.8 Å². The molecule has 0 spiro atoms. The Labute approximate surface area is 109 Å². The van der Waals surface area contributed by atoms with Crippen LogP contribution < -0.4 is 5.32 Å². The summed E-state index contributed by atoms with van der Waals surface area (Å²) in [5.41, 5.74) is -0.426. The van der Waals surface area contributed by atoms with Crippen molar-refractivity contribution < 1.29 is 4.79 Å². The molecule has 0 aliphatic heterocycles. The lowest BCUT2D eigenvalue weighted by atomic mass is 10.0. The van der Waals surface area contributed by atoms with Gasteiger partial charge < -0.3 is 5.32 Å². The fraction of sp³-hybridized carbons (Fsp3) is 0.917. The van der Waals surface area contributed by atoms with Gasteiger partial charge in [0.05, 0.1) is 5.54 Å². The molecule has 0 rings (SSSR count). The number of halogens is 2. The fourth-order valence-electron chi connectivity index (χ4n) is 1.45. The molecule has 0 unspecified atom stereocenters. The highest BCUT2D eigenvalue weighted by Gasteiger charge is 2.27. The predicted molar refractivity (Wildman–Crippen MR) is 71.4 cm³/mol. The van der Waals surface area contributed by atoms with Crippen molar-refractivity contribution in [2.24, 2.45) is 0 Å². The van der Waals surface area contributed by atoms with Crippen LogP contribution in [0.4, 0.5) is 0 Å². The van der Waals surface area contributed by atoms with Crippen LogP contribution in [0.15, 0.2) is 0 Å². The zero-order valence-corrected chi connectivity index (χ0v) is 11.8. The van der Waals surface area contributed by atoms with Crippen LogP contribution in [0.1, 0.15) is 52.4 Å². The summed E-state index contributed by atoms with van der Waals surface area (Å²) in [6, 6.07) is 0. The van der Waals surface area contributed by atoms with E-state index < -0.39 is 5.54 Å². The van der Waals surface area contributed by atoms with Gasteiger partial charge in [0, 0.05) is 18.2 Å². The smallest absolute Gasteiger partial charge is 0.220 e. The van der Waals surface area contributed by atoms with E-state index in [1.54, 1.807) is 0 Å². The van der Waals surface area contributed by atoms with Crippen molar-refractivity contribution in [1.82, 2.24) is 5.32 Å². The summed E-state index contributed by atoms with van der Waals surface area (Å²) < 4.78 is 0. The van der Waals surface area contributed by atoms with E-state index in [2.05, 4.69) is 12.2 Å². The summed E-state index contributed by atoms with van der Waals surface area (Å²) in [7, 11) is 0. The Balaban J connectivity index is 3.91. The zero-order valence-electron chi connectivity index (χ0n) is 10.3. The molecule has 2 nitrogen and oxygen atoms in total. The van der Waals surface area contributed by atoms with E-state index in [1.807, 2.05) is 6.92 Å². The molecule has 16 heavy (non-hydrogen) atoms. The first kappa shape index (κ1) is 16.1. The number of rotatable bonds is 9. The van der Waals surface area contributed by atoms with Gasteiger partial charge in [0.25, 0.3) is 0 Å². The SMILES string of the molecule is CCCCCCC(=O)NC(CC)(CCl)CCl. The molecule has 1 amide bonds. The average Bonchev–Trinajstić information content (AvgIpc) is 2.32. The maximum absolute atomic E-state index is 11.7. The largest absolute Gasteiger partial charge is 0.348 e. The van der Waals surface area contributed by atoms with Gasteiger partial charge in [-0.15, -0.1) is 23.2 Å². The first-order valence-corrected chi connectivity index (χ1v) is 7.14. The minimum absolute atomic E-state index is 0.0688. The summed E-state index contributed by atoms with van der Waals surface area (Å²) in [6.07, 6.45) is 5.78. The molecule has 0 aliphatic rings. The van der Waals surface area contributed by atoms with Crippen LogP contribution in [0.3, 0.4) is 0 Å². The normalized spacial score (nSPS) is 11.5. The summed E-state index contributed by atoms with van der Waals surface area (Å²) in [5.74, 6) is 0.806. The van der Waals surface area contributed by atoms with E-state index in [4.69, 9.17) is 23.2 Å². The van der Waals surface area contributed by atoms with Crippen LogP contribution in [0, 0.1) is 0 Å². The van der Waals surface area contributed by atoms with Crippen molar-refractivity contribution in [3.63, 3.8) is 0 Å². The number of carbonyl (C=O) groups excluding carboxylic acids is 1. The molecule has 96 valence electrons. The van der Waals surface area contributed by atoms with Gasteiger partial charge in [0.1, 0.15) is 0 Å². The molecule has 0 aromatic rings. The molecule has 0 saturated carbocycles. The molecule has 0 aromatic heterocycles. The van der Waals surface area contributed by atoms with Gasteiger partial charge >= 0.3 is 0 Å². The van der Waals surface area contributed by atoms with Crippen LogP contribution in [-0.4, -0.2) is 23.2 Å². The van der Waals surface area contributed by atoms with Gasteiger partial charge in [0.2, 0.25) is 5.91 Å². The number of hydrogen-bond donors (Lipinski definition) is 1. The molecule has 4 heteroatoms. The van der Waals surface area contributed by atoms with Crippen molar-refractivity contribution in [3.05, 3.63) is 0 Å². The number of amides is 1. The van der Waals surface area contributed by atoms with Crippen molar-refractivity contribution in [2.75, 3.05) is 11.8 Å². The zero-order chi connectivity index (χ0) is 12.4. The molecule has 0 radical (unpaired) electrons. The van der Waals surface area contributed by atoms with E-state index in [0.717, 1.165) is 19.3 Å². The number of alkyl halides is 2. The quantitative estimate of drug-likeness (QED) is 0.501. The molecule has 0 atom stereocenters. The van der Waals surface area contributed by atoms with E-state index in [-0.39, 0.29) is 5.91 Å². The molecular weight excluding hydrogens is 245 g/mol. The Morgan fingerprint density at radius 1 is 1.12 bits per heavy atom. The van der Waals surface area contributed by atoms with Crippen LogP contribution in [0.5, 0.6) is 0 Å². The third-order valence-electron chi connectivity index (χ3n) is 2.85. The van der Waals surface area contributed by atoms with Crippen LogP contribution >= 0.6 is 23.2 Å². The highest BCUT2D eigenvalue weighted by molar-refractivity contribution is 6.22.